The summed E-state index contributed by atoms with van der Waals surface area (Å²) in [6.45, 7) is 2.18. The van der Waals surface area contributed by atoms with Crippen molar-refractivity contribution < 1.29 is 94.1 Å². The van der Waals surface area contributed by atoms with Gasteiger partial charge in [-0.2, -0.15) is 0 Å². The van der Waals surface area contributed by atoms with Crippen LogP contribution in [0, 0.1) is 0 Å². The van der Waals surface area contributed by atoms with E-state index >= 15 is 0 Å². The van der Waals surface area contributed by atoms with Gasteiger partial charge in [0, 0.05) is 17.7 Å². The van der Waals surface area contributed by atoms with Gasteiger partial charge in [0.1, 0.15) is 83.5 Å². The van der Waals surface area contributed by atoms with Gasteiger partial charge in [-0.3, -0.25) is 4.79 Å². The smallest absolute Gasteiger partial charge is 0.239 e. The maximum Gasteiger partial charge on any atom is 0.239 e. The molecular formula is C33H40O20. The van der Waals surface area contributed by atoms with Crippen molar-refractivity contribution in [3.8, 4) is 40.1 Å². The van der Waals surface area contributed by atoms with Gasteiger partial charge >= 0.3 is 0 Å². The van der Waals surface area contributed by atoms with Crippen molar-refractivity contribution >= 4 is 11.0 Å². The molecule has 3 saturated heterocycles. The van der Waals surface area contributed by atoms with Crippen molar-refractivity contribution in [3.63, 3.8) is 0 Å². The van der Waals surface area contributed by atoms with Crippen LogP contribution in [0.5, 0.6) is 28.7 Å². The molecule has 3 aliphatic rings. The second-order valence-corrected chi connectivity index (χ2v) is 13.1. The molecule has 6 rings (SSSR count). The Bertz CT molecular complexity index is 1830. The van der Waals surface area contributed by atoms with E-state index in [9.17, 15) is 66.1 Å². The summed E-state index contributed by atoms with van der Waals surface area (Å²) in [7, 11) is 0. The van der Waals surface area contributed by atoms with Crippen molar-refractivity contribution in [2.45, 2.75) is 106 Å². The van der Waals surface area contributed by atoms with Gasteiger partial charge in [-0.1, -0.05) is 0 Å². The number of fused-ring (bicyclic) bond motifs is 1. The summed E-state index contributed by atoms with van der Waals surface area (Å²) >= 11 is 0. The third-order valence-electron chi connectivity index (χ3n) is 9.34. The van der Waals surface area contributed by atoms with Gasteiger partial charge in [-0.15, -0.1) is 0 Å². The lowest BCUT2D eigenvalue weighted by molar-refractivity contribution is -0.318. The van der Waals surface area contributed by atoms with Crippen LogP contribution in [0.2, 0.25) is 0 Å². The molecule has 15 atom stereocenters. The number of hydrogen-bond acceptors (Lipinski definition) is 20. The molecule has 0 spiro atoms. The highest BCUT2D eigenvalue weighted by molar-refractivity contribution is 5.88. The van der Waals surface area contributed by atoms with E-state index in [4.69, 9.17) is 32.8 Å². The highest BCUT2D eigenvalue weighted by atomic mass is 16.7. The van der Waals surface area contributed by atoms with Crippen LogP contribution < -0.4 is 14.9 Å². The Hall–Kier alpha value is -3.87. The highest BCUT2D eigenvalue weighted by Crippen LogP contribution is 2.40. The molecule has 20 nitrogen and oxygen atoms in total. The second-order valence-electron chi connectivity index (χ2n) is 13.1. The normalized spacial score (nSPS) is 37.8. The first kappa shape index (κ1) is 38.8. The van der Waals surface area contributed by atoms with Crippen LogP contribution in [0.1, 0.15) is 13.8 Å². The Kier molecular flexibility index (Phi) is 11.1. The van der Waals surface area contributed by atoms with Gasteiger partial charge in [0.25, 0.3) is 0 Å². The number of phenolic OH excluding ortho intramolecular Hbond substituents is 3. The average Bonchev–Trinajstić information content (AvgIpc) is 3.12. The summed E-state index contributed by atoms with van der Waals surface area (Å²) < 4.78 is 39.3. The lowest BCUT2D eigenvalue weighted by Gasteiger charge is -2.42. The van der Waals surface area contributed by atoms with Gasteiger partial charge in [-0.25, -0.2) is 0 Å². The number of ether oxygens (including phenoxy) is 6. The Labute approximate surface area is 298 Å². The van der Waals surface area contributed by atoms with E-state index in [0.29, 0.717) is 0 Å². The summed E-state index contributed by atoms with van der Waals surface area (Å²) in [5.74, 6) is -3.42. The molecule has 12 N–H and O–H groups in total. The van der Waals surface area contributed by atoms with E-state index < -0.39 is 138 Å². The summed E-state index contributed by atoms with van der Waals surface area (Å²) in [6, 6.07) is 5.31. The van der Waals surface area contributed by atoms with Crippen LogP contribution in [0.4, 0.5) is 0 Å². The topological polar surface area (TPSA) is 328 Å². The summed E-state index contributed by atoms with van der Waals surface area (Å²) in [6.07, 6.45) is -24.0. The van der Waals surface area contributed by atoms with Crippen molar-refractivity contribution in [2.24, 2.45) is 0 Å². The first-order chi connectivity index (χ1) is 25.0. The van der Waals surface area contributed by atoms with E-state index in [1.54, 1.807) is 0 Å². The van der Waals surface area contributed by atoms with Crippen LogP contribution in [-0.4, -0.2) is 160 Å². The molecule has 0 radical (unpaired) electrons. The molecule has 0 bridgehead atoms. The zero-order valence-corrected chi connectivity index (χ0v) is 27.9. The third kappa shape index (κ3) is 7.34. The minimum Gasteiger partial charge on any atom is -0.507 e. The number of aliphatic hydroxyl groups is 9. The van der Waals surface area contributed by atoms with Crippen LogP contribution in [0.15, 0.2) is 39.5 Å². The van der Waals surface area contributed by atoms with E-state index in [1.807, 2.05) is 0 Å². The summed E-state index contributed by atoms with van der Waals surface area (Å²) in [4.78, 5) is 14.0. The molecule has 3 aromatic rings. The highest BCUT2D eigenvalue weighted by Gasteiger charge is 2.48. The Morgan fingerprint density at radius 3 is 1.79 bits per heavy atom. The van der Waals surface area contributed by atoms with Crippen molar-refractivity contribution in [1.29, 1.82) is 0 Å². The molecule has 0 aliphatic carbocycles. The van der Waals surface area contributed by atoms with Gasteiger partial charge in [0.15, 0.2) is 23.5 Å². The average molecular weight is 757 g/mol. The molecule has 1 aromatic heterocycles. The van der Waals surface area contributed by atoms with Crippen molar-refractivity contribution in [1.82, 2.24) is 0 Å². The quantitative estimate of drug-likeness (QED) is 0.101. The van der Waals surface area contributed by atoms with Crippen LogP contribution in [0.25, 0.3) is 22.3 Å². The Morgan fingerprint density at radius 2 is 1.17 bits per heavy atom. The zero-order valence-electron chi connectivity index (χ0n) is 27.9. The number of hydrogen-bond donors (Lipinski definition) is 12. The first-order valence-electron chi connectivity index (χ1n) is 16.4. The SMILES string of the molecule is C[C@H]1O[C@@H](Oc2cc(O)c3c(=O)c(O[C@@H]4O[C@H](CO[C@@H]5O[C@H](C)[C@H](O)[C@H](O)[C@H]5O)[C@@H](O)[C@@H](O)[C@H]4O)c(-c4ccc(O)c(O)c4)oc3c2)[C@@H](O)[C@@H](O)[C@H]1O. The molecule has 53 heavy (non-hydrogen) atoms. The first-order valence-corrected chi connectivity index (χ1v) is 16.4. The van der Waals surface area contributed by atoms with Crippen molar-refractivity contribution in [2.75, 3.05) is 6.61 Å². The molecule has 4 heterocycles. The molecule has 20 heteroatoms. The maximum atomic E-state index is 14.0. The van der Waals surface area contributed by atoms with E-state index in [0.717, 1.165) is 24.3 Å². The molecular weight excluding hydrogens is 716 g/mol. The van der Waals surface area contributed by atoms with Gasteiger partial charge < -0.3 is 94.1 Å². The number of rotatable bonds is 8. The fraction of sp³-hybridized carbons (Fsp3) is 0.545. The zero-order chi connectivity index (χ0) is 38.6. The minimum absolute atomic E-state index is 0.0962. The molecule has 0 unspecified atom stereocenters. The predicted molar refractivity (Wildman–Crippen MR) is 172 cm³/mol. The van der Waals surface area contributed by atoms with Crippen molar-refractivity contribution in [3.05, 3.63) is 40.6 Å². The van der Waals surface area contributed by atoms with E-state index in [-0.39, 0.29) is 16.9 Å². The standard InChI is InChI=1S/C33H40O20/c1-9-19(37)23(41)26(44)31(48-9)47-8-17-21(39)25(43)28(46)33(52-17)53-30-22(40)18-15(36)6-12(50-32-27(45)24(42)20(38)10(2)49-32)7-16(18)51-29(30)11-3-4-13(34)14(35)5-11/h3-7,9-10,17,19-21,23-28,31-39,41-46H,8H2,1-2H3/t9-,10-,17-,19+,20+,21-,23+,24+,25-,26-,27+,28-,31-,32+,33+/m1/s1. The number of phenols is 3. The molecule has 0 amide bonds. The number of aromatic hydroxyl groups is 3. The fourth-order valence-electron chi connectivity index (χ4n) is 6.14. The van der Waals surface area contributed by atoms with E-state index in [1.165, 1.54) is 19.9 Å². The molecule has 292 valence electrons. The monoisotopic (exact) mass is 756 g/mol. The summed E-state index contributed by atoms with van der Waals surface area (Å²) in [5, 5.41) is 124. The molecule has 2 aromatic carbocycles. The third-order valence-corrected chi connectivity index (χ3v) is 9.34. The van der Waals surface area contributed by atoms with E-state index in [2.05, 4.69) is 0 Å². The van der Waals surface area contributed by atoms with Gasteiger partial charge in [0.2, 0.25) is 23.8 Å². The van der Waals surface area contributed by atoms with Gasteiger partial charge in [0.05, 0.1) is 18.8 Å². The lowest BCUT2D eigenvalue weighted by Crippen LogP contribution is -2.61. The maximum absolute atomic E-state index is 14.0. The number of benzene rings is 2. The van der Waals surface area contributed by atoms with Crippen LogP contribution in [-0.2, 0) is 18.9 Å². The van der Waals surface area contributed by atoms with Crippen LogP contribution >= 0.6 is 0 Å². The molecule has 0 saturated carbocycles. The minimum atomic E-state index is -2.03. The Balaban J connectivity index is 1.34. The Morgan fingerprint density at radius 1 is 0.604 bits per heavy atom. The fourth-order valence-corrected chi connectivity index (χ4v) is 6.14. The van der Waals surface area contributed by atoms with Crippen LogP contribution in [0.3, 0.4) is 0 Å². The second kappa shape index (κ2) is 15.1. The predicted octanol–water partition coefficient (Wildman–Crippen LogP) is -3.19. The molecule has 3 fully saturated rings. The van der Waals surface area contributed by atoms with Gasteiger partial charge in [-0.05, 0) is 32.0 Å². The number of aliphatic hydroxyl groups excluding tert-OH is 9. The molecule has 3 aliphatic heterocycles. The lowest BCUT2D eigenvalue weighted by atomic mass is 9.98. The summed E-state index contributed by atoms with van der Waals surface area (Å²) in [5.41, 5.74) is -1.55. The largest absolute Gasteiger partial charge is 0.507 e.